The molecule has 4 nitrogen and oxygen atoms in total. The summed E-state index contributed by atoms with van der Waals surface area (Å²) in [5, 5.41) is 9.91. The molecule has 0 aromatic heterocycles. The molecule has 1 N–H and O–H groups in total. The fourth-order valence-electron chi connectivity index (χ4n) is 1.77. The molecule has 0 fully saturated rings. The van der Waals surface area contributed by atoms with Gasteiger partial charge in [0, 0.05) is 13.2 Å². The highest BCUT2D eigenvalue weighted by atomic mass is 28.4. The molecule has 0 spiro atoms. The number of aliphatic carboxylic acids is 1. The van der Waals surface area contributed by atoms with Gasteiger partial charge in [0.1, 0.15) is 0 Å². The topological polar surface area (TPSA) is 55.8 Å². The highest BCUT2D eigenvalue weighted by molar-refractivity contribution is 6.83. The van der Waals surface area contributed by atoms with Crippen molar-refractivity contribution < 1.29 is 18.8 Å². The van der Waals surface area contributed by atoms with Crippen molar-refractivity contribution in [3.63, 3.8) is 0 Å². The number of hydrogen-bond donors (Lipinski definition) is 1. The van der Waals surface area contributed by atoms with Crippen molar-refractivity contribution in [2.45, 2.75) is 19.9 Å². The highest BCUT2D eigenvalue weighted by Crippen LogP contribution is 2.14. The third-order valence-corrected chi connectivity index (χ3v) is 5.84. The van der Waals surface area contributed by atoms with Gasteiger partial charge >= 0.3 is 14.5 Å². The Balaban J connectivity index is 3.09. The number of carboxylic acid groups (broad SMARTS) is 1. The molecule has 0 aliphatic carbocycles. The van der Waals surface area contributed by atoms with Gasteiger partial charge in [-0.05, 0) is 19.0 Å². The van der Waals surface area contributed by atoms with Crippen LogP contribution in [-0.4, -0.2) is 32.9 Å². The predicted octanol–water partition coefficient (Wildman–Crippen LogP) is 1.49. The van der Waals surface area contributed by atoms with Gasteiger partial charge in [-0.1, -0.05) is 30.3 Å². The number of benzene rings is 1. The fraction of sp³-hybridized carbons (Fsp3) is 0.417. The molecule has 0 radical (unpaired) electrons. The van der Waals surface area contributed by atoms with Gasteiger partial charge in [0.15, 0.2) is 0 Å². The van der Waals surface area contributed by atoms with Crippen LogP contribution in [0, 0.1) is 0 Å². The summed E-state index contributed by atoms with van der Waals surface area (Å²) in [6, 6.07) is 9.31. The summed E-state index contributed by atoms with van der Waals surface area (Å²) in [5.74, 6) is -0.887. The van der Waals surface area contributed by atoms with Crippen LogP contribution < -0.4 is 5.19 Å². The molecule has 1 aromatic rings. The molecule has 0 heterocycles. The van der Waals surface area contributed by atoms with Crippen molar-refractivity contribution in [1.29, 1.82) is 0 Å². The van der Waals surface area contributed by atoms with E-state index in [2.05, 4.69) is 0 Å². The van der Waals surface area contributed by atoms with E-state index in [1.165, 1.54) is 0 Å². The van der Waals surface area contributed by atoms with Crippen LogP contribution in [0.4, 0.5) is 0 Å². The zero-order chi connectivity index (χ0) is 12.7. The maximum absolute atomic E-state index is 11.0. The molecule has 0 saturated heterocycles. The maximum Gasteiger partial charge on any atom is 0.383 e. The molecule has 5 heteroatoms. The third kappa shape index (κ3) is 3.66. The van der Waals surface area contributed by atoms with Gasteiger partial charge in [-0.25, -0.2) is 0 Å². The molecule has 0 aliphatic rings. The van der Waals surface area contributed by atoms with Crippen LogP contribution in [0.25, 0.3) is 0 Å². The Labute approximate surface area is 102 Å². The van der Waals surface area contributed by atoms with Crippen LogP contribution in [-0.2, 0) is 13.6 Å². The van der Waals surface area contributed by atoms with E-state index in [4.69, 9.17) is 14.0 Å². The third-order valence-electron chi connectivity index (χ3n) is 2.35. The SMILES string of the molecule is CCO[Si](CC(=O)O)(OCC)c1ccccc1. The van der Waals surface area contributed by atoms with Crippen LogP contribution in [0.2, 0.25) is 6.04 Å². The lowest BCUT2D eigenvalue weighted by Crippen LogP contribution is -2.55. The van der Waals surface area contributed by atoms with E-state index in [9.17, 15) is 4.79 Å². The van der Waals surface area contributed by atoms with E-state index in [1.807, 2.05) is 44.2 Å². The van der Waals surface area contributed by atoms with E-state index in [-0.39, 0.29) is 6.04 Å². The summed E-state index contributed by atoms with van der Waals surface area (Å²) < 4.78 is 11.4. The molecule has 0 unspecified atom stereocenters. The second kappa shape index (κ2) is 6.54. The van der Waals surface area contributed by atoms with Gasteiger partial charge in [-0.3, -0.25) is 4.79 Å². The molecule has 0 aliphatic heterocycles. The summed E-state index contributed by atoms with van der Waals surface area (Å²) in [6.45, 7) is 4.61. The summed E-state index contributed by atoms with van der Waals surface area (Å²) in [6.07, 6.45) is 0. The van der Waals surface area contributed by atoms with Crippen molar-refractivity contribution >= 4 is 19.7 Å². The standard InChI is InChI=1S/C12H18O4Si/c1-3-15-17(16-4-2,10-12(13)14)11-8-6-5-7-9-11/h5-9H,3-4,10H2,1-2H3,(H,13,14). The van der Waals surface area contributed by atoms with E-state index in [1.54, 1.807) is 0 Å². The fourth-order valence-corrected chi connectivity index (χ4v) is 4.63. The van der Waals surface area contributed by atoms with Crippen molar-refractivity contribution in [2.75, 3.05) is 13.2 Å². The van der Waals surface area contributed by atoms with Gasteiger partial charge in [0.25, 0.3) is 0 Å². The maximum atomic E-state index is 11.0. The first-order valence-corrected chi connectivity index (χ1v) is 7.72. The average Bonchev–Trinajstić information content (AvgIpc) is 2.30. The van der Waals surface area contributed by atoms with Crippen LogP contribution >= 0.6 is 0 Å². The minimum absolute atomic E-state index is 0.0707. The number of carboxylic acids is 1. The predicted molar refractivity (Wildman–Crippen MR) is 67.5 cm³/mol. The van der Waals surface area contributed by atoms with Crippen LogP contribution in [0.5, 0.6) is 0 Å². The Morgan fingerprint density at radius 1 is 1.18 bits per heavy atom. The molecule has 94 valence electrons. The minimum atomic E-state index is -2.83. The van der Waals surface area contributed by atoms with E-state index in [0.717, 1.165) is 5.19 Å². The molecule has 0 bridgehead atoms. The van der Waals surface area contributed by atoms with Crippen molar-refractivity contribution in [3.05, 3.63) is 30.3 Å². The smallest absolute Gasteiger partial charge is 0.383 e. The van der Waals surface area contributed by atoms with E-state index in [0.29, 0.717) is 13.2 Å². The van der Waals surface area contributed by atoms with Crippen molar-refractivity contribution in [2.24, 2.45) is 0 Å². The Morgan fingerprint density at radius 3 is 2.12 bits per heavy atom. The zero-order valence-corrected chi connectivity index (χ0v) is 11.2. The molecule has 0 atom stereocenters. The Kier molecular flexibility index (Phi) is 5.34. The number of hydrogen-bond acceptors (Lipinski definition) is 3. The van der Waals surface area contributed by atoms with Gasteiger partial charge in [0.05, 0.1) is 6.04 Å². The Bertz CT molecular complexity index is 347. The Hall–Kier alpha value is -1.17. The van der Waals surface area contributed by atoms with E-state index >= 15 is 0 Å². The normalized spacial score (nSPS) is 11.4. The second-order valence-electron chi connectivity index (χ2n) is 3.56. The molecular formula is C12H18O4Si. The summed E-state index contributed by atoms with van der Waals surface area (Å²) in [5.41, 5.74) is 0. The number of rotatable bonds is 7. The molecule has 1 rings (SSSR count). The van der Waals surface area contributed by atoms with Crippen molar-refractivity contribution in [3.8, 4) is 0 Å². The minimum Gasteiger partial charge on any atom is -0.481 e. The van der Waals surface area contributed by atoms with Crippen LogP contribution in [0.15, 0.2) is 30.3 Å². The second-order valence-corrected chi connectivity index (χ2v) is 6.57. The van der Waals surface area contributed by atoms with Crippen LogP contribution in [0.1, 0.15) is 13.8 Å². The lowest BCUT2D eigenvalue weighted by Gasteiger charge is -2.28. The number of carbonyl (C=O) groups is 1. The molecule has 1 aromatic carbocycles. The van der Waals surface area contributed by atoms with Gasteiger partial charge < -0.3 is 14.0 Å². The summed E-state index contributed by atoms with van der Waals surface area (Å²) >= 11 is 0. The summed E-state index contributed by atoms with van der Waals surface area (Å²) in [7, 11) is -2.83. The zero-order valence-electron chi connectivity index (χ0n) is 10.2. The van der Waals surface area contributed by atoms with Crippen molar-refractivity contribution in [1.82, 2.24) is 0 Å². The lowest BCUT2D eigenvalue weighted by atomic mass is 10.4. The van der Waals surface area contributed by atoms with Gasteiger partial charge in [-0.2, -0.15) is 0 Å². The monoisotopic (exact) mass is 254 g/mol. The van der Waals surface area contributed by atoms with Gasteiger partial charge in [-0.15, -0.1) is 0 Å². The van der Waals surface area contributed by atoms with Crippen LogP contribution in [0.3, 0.4) is 0 Å². The average molecular weight is 254 g/mol. The lowest BCUT2D eigenvalue weighted by molar-refractivity contribution is -0.134. The summed E-state index contributed by atoms with van der Waals surface area (Å²) in [4.78, 5) is 11.0. The first-order valence-electron chi connectivity index (χ1n) is 5.70. The molecule has 17 heavy (non-hydrogen) atoms. The molecule has 0 amide bonds. The first-order chi connectivity index (χ1) is 8.14. The molecular weight excluding hydrogens is 236 g/mol. The highest BCUT2D eigenvalue weighted by Gasteiger charge is 2.42. The van der Waals surface area contributed by atoms with Gasteiger partial charge in [0.2, 0.25) is 0 Å². The Morgan fingerprint density at radius 2 is 1.71 bits per heavy atom. The quantitative estimate of drug-likeness (QED) is 0.749. The first kappa shape index (κ1) is 13.9. The largest absolute Gasteiger partial charge is 0.481 e. The van der Waals surface area contributed by atoms with E-state index < -0.39 is 14.5 Å². The molecule has 0 saturated carbocycles.